The van der Waals surface area contributed by atoms with Gasteiger partial charge in [0.1, 0.15) is 5.60 Å². The van der Waals surface area contributed by atoms with Crippen LogP contribution in [0.15, 0.2) is 24.3 Å². The molecule has 0 radical (unpaired) electrons. The third-order valence-electron chi connectivity index (χ3n) is 3.35. The van der Waals surface area contributed by atoms with Crippen LogP contribution in [0.1, 0.15) is 32.4 Å². The van der Waals surface area contributed by atoms with Crippen molar-refractivity contribution < 1.29 is 9.53 Å². The number of nitrogens with one attached hydrogen (secondary N) is 1. The van der Waals surface area contributed by atoms with Gasteiger partial charge in [-0.2, -0.15) is 5.10 Å². The fraction of sp³-hybridized carbons (Fsp3) is 0.500. The molecule has 0 saturated heterocycles. The second-order valence-corrected chi connectivity index (χ2v) is 6.34. The number of rotatable bonds is 4. The van der Waals surface area contributed by atoms with Gasteiger partial charge in [0.25, 0.3) is 0 Å². The highest BCUT2D eigenvalue weighted by Gasteiger charge is 2.21. The highest BCUT2D eigenvalue weighted by molar-refractivity contribution is 5.82. The van der Waals surface area contributed by atoms with E-state index in [1.54, 1.807) is 0 Å². The van der Waals surface area contributed by atoms with Gasteiger partial charge in [-0.05, 0) is 26.8 Å². The van der Waals surface area contributed by atoms with Crippen molar-refractivity contribution in [2.75, 3.05) is 13.1 Å². The number of ether oxygens (including phenoxy) is 1. The molecule has 1 heterocycles. The lowest BCUT2D eigenvalue weighted by molar-refractivity contribution is 0.0524. The number of aryl methyl sites for hydroxylation is 1. The zero-order chi connectivity index (χ0) is 16.3. The number of hydrogen-bond acceptors (Lipinski definition) is 4. The summed E-state index contributed by atoms with van der Waals surface area (Å²) in [7, 11) is 1.90. The molecule has 22 heavy (non-hydrogen) atoms. The fourth-order valence-corrected chi connectivity index (χ4v) is 2.36. The molecule has 0 aliphatic rings. The van der Waals surface area contributed by atoms with Gasteiger partial charge in [-0.3, -0.25) is 4.68 Å². The zero-order valence-electron chi connectivity index (χ0n) is 13.6. The van der Waals surface area contributed by atoms with E-state index in [2.05, 4.69) is 10.4 Å². The van der Waals surface area contributed by atoms with Gasteiger partial charge in [0.05, 0.1) is 11.2 Å². The van der Waals surface area contributed by atoms with Crippen molar-refractivity contribution in [3.05, 3.63) is 30.0 Å². The summed E-state index contributed by atoms with van der Waals surface area (Å²) in [5, 5.41) is 8.39. The molecule has 1 aromatic heterocycles. The SMILES string of the molecule is Cn1nc(C(CN)CNC(=O)OC(C)(C)C)c2ccccc21. The van der Waals surface area contributed by atoms with E-state index in [0.29, 0.717) is 13.1 Å². The Morgan fingerprint density at radius 2 is 2.09 bits per heavy atom. The van der Waals surface area contributed by atoms with Gasteiger partial charge in [0.2, 0.25) is 0 Å². The fourth-order valence-electron chi connectivity index (χ4n) is 2.36. The standard InChI is InChI=1S/C16H24N4O2/c1-16(2,3)22-15(21)18-10-11(9-17)14-12-7-5-6-8-13(12)20(4)19-14/h5-8,11H,9-10,17H2,1-4H3,(H,18,21). The molecule has 0 aliphatic heterocycles. The highest BCUT2D eigenvalue weighted by Crippen LogP contribution is 2.23. The Bertz CT molecular complexity index is 658. The van der Waals surface area contributed by atoms with Gasteiger partial charge in [0, 0.05) is 31.4 Å². The largest absolute Gasteiger partial charge is 0.444 e. The van der Waals surface area contributed by atoms with Crippen molar-refractivity contribution in [2.24, 2.45) is 12.8 Å². The molecular formula is C16H24N4O2. The normalized spacial score (nSPS) is 13.1. The van der Waals surface area contributed by atoms with E-state index in [-0.39, 0.29) is 5.92 Å². The summed E-state index contributed by atoms with van der Waals surface area (Å²) >= 11 is 0. The molecular weight excluding hydrogens is 280 g/mol. The monoisotopic (exact) mass is 304 g/mol. The van der Waals surface area contributed by atoms with E-state index in [9.17, 15) is 4.79 Å². The third kappa shape index (κ3) is 3.76. The van der Waals surface area contributed by atoms with Crippen molar-refractivity contribution >= 4 is 17.0 Å². The number of para-hydroxylation sites is 1. The van der Waals surface area contributed by atoms with E-state index < -0.39 is 11.7 Å². The predicted octanol–water partition coefficient (Wildman–Crippen LogP) is 2.14. The van der Waals surface area contributed by atoms with Crippen LogP contribution in [0.25, 0.3) is 10.9 Å². The van der Waals surface area contributed by atoms with Gasteiger partial charge in [-0.1, -0.05) is 18.2 Å². The first-order valence-corrected chi connectivity index (χ1v) is 7.40. The van der Waals surface area contributed by atoms with E-state index in [1.165, 1.54) is 0 Å². The molecule has 1 atom stereocenters. The van der Waals surface area contributed by atoms with Gasteiger partial charge in [-0.25, -0.2) is 4.79 Å². The lowest BCUT2D eigenvalue weighted by Crippen LogP contribution is -2.36. The Kier molecular flexibility index (Phi) is 4.71. The maximum atomic E-state index is 11.8. The quantitative estimate of drug-likeness (QED) is 0.906. The van der Waals surface area contributed by atoms with Crippen LogP contribution < -0.4 is 11.1 Å². The topological polar surface area (TPSA) is 82.2 Å². The number of hydrogen-bond donors (Lipinski definition) is 2. The Balaban J connectivity index is 2.13. The number of carbonyl (C=O) groups excluding carboxylic acids is 1. The number of carbonyl (C=O) groups is 1. The average molecular weight is 304 g/mol. The second kappa shape index (κ2) is 6.36. The Morgan fingerprint density at radius 1 is 1.41 bits per heavy atom. The molecule has 0 spiro atoms. The summed E-state index contributed by atoms with van der Waals surface area (Å²) in [5.41, 5.74) is 7.31. The number of amides is 1. The van der Waals surface area contributed by atoms with E-state index in [0.717, 1.165) is 16.6 Å². The number of nitrogens with two attached hydrogens (primary N) is 1. The molecule has 3 N–H and O–H groups in total. The van der Waals surface area contributed by atoms with Crippen molar-refractivity contribution in [1.82, 2.24) is 15.1 Å². The van der Waals surface area contributed by atoms with Crippen LogP contribution >= 0.6 is 0 Å². The van der Waals surface area contributed by atoms with E-state index >= 15 is 0 Å². The molecule has 0 fully saturated rings. The smallest absolute Gasteiger partial charge is 0.407 e. The van der Waals surface area contributed by atoms with Crippen molar-refractivity contribution in [2.45, 2.75) is 32.3 Å². The zero-order valence-corrected chi connectivity index (χ0v) is 13.6. The molecule has 0 aliphatic carbocycles. The maximum Gasteiger partial charge on any atom is 0.407 e. The molecule has 1 aromatic carbocycles. The molecule has 6 nitrogen and oxygen atoms in total. The lowest BCUT2D eigenvalue weighted by Gasteiger charge is -2.21. The molecule has 0 saturated carbocycles. The van der Waals surface area contributed by atoms with Gasteiger partial charge in [0.15, 0.2) is 0 Å². The summed E-state index contributed by atoms with van der Waals surface area (Å²) < 4.78 is 7.08. The number of fused-ring (bicyclic) bond motifs is 1. The van der Waals surface area contributed by atoms with Gasteiger partial charge >= 0.3 is 6.09 Å². The molecule has 6 heteroatoms. The van der Waals surface area contributed by atoms with E-state index in [4.69, 9.17) is 10.5 Å². The number of benzene rings is 1. The number of alkyl carbamates (subject to hydrolysis) is 1. The summed E-state index contributed by atoms with van der Waals surface area (Å²) in [6, 6.07) is 7.99. The average Bonchev–Trinajstić information content (AvgIpc) is 2.76. The lowest BCUT2D eigenvalue weighted by atomic mass is 10.0. The number of aromatic nitrogens is 2. The van der Waals surface area contributed by atoms with Crippen LogP contribution in [0, 0.1) is 0 Å². The minimum atomic E-state index is -0.514. The summed E-state index contributed by atoms with van der Waals surface area (Å²) in [5.74, 6) is -0.0568. The first kappa shape index (κ1) is 16.3. The van der Waals surface area contributed by atoms with Crippen molar-refractivity contribution in [1.29, 1.82) is 0 Å². The van der Waals surface area contributed by atoms with E-state index in [1.807, 2.05) is 56.8 Å². The third-order valence-corrected chi connectivity index (χ3v) is 3.35. The summed E-state index contributed by atoms with van der Waals surface area (Å²) in [4.78, 5) is 11.8. The molecule has 1 unspecified atom stereocenters. The first-order chi connectivity index (χ1) is 10.3. The van der Waals surface area contributed by atoms with Crippen molar-refractivity contribution in [3.63, 3.8) is 0 Å². The Hall–Kier alpha value is -2.08. The second-order valence-electron chi connectivity index (χ2n) is 6.34. The highest BCUT2D eigenvalue weighted by atomic mass is 16.6. The van der Waals surface area contributed by atoms with Crippen LogP contribution in [-0.2, 0) is 11.8 Å². The molecule has 0 bridgehead atoms. The van der Waals surface area contributed by atoms with Crippen LogP contribution in [-0.4, -0.2) is 34.6 Å². The number of nitrogens with zero attached hydrogens (tertiary/aromatic N) is 2. The maximum absolute atomic E-state index is 11.8. The Labute approximate surface area is 130 Å². The molecule has 2 aromatic rings. The van der Waals surface area contributed by atoms with Crippen LogP contribution in [0.4, 0.5) is 4.79 Å². The molecule has 120 valence electrons. The van der Waals surface area contributed by atoms with Gasteiger partial charge in [-0.15, -0.1) is 0 Å². The van der Waals surface area contributed by atoms with Crippen molar-refractivity contribution in [3.8, 4) is 0 Å². The summed E-state index contributed by atoms with van der Waals surface area (Å²) in [6.45, 7) is 6.29. The minimum absolute atomic E-state index is 0.0568. The van der Waals surface area contributed by atoms with Crippen LogP contribution in [0.5, 0.6) is 0 Å². The minimum Gasteiger partial charge on any atom is -0.444 e. The first-order valence-electron chi connectivity index (χ1n) is 7.40. The molecule has 1 amide bonds. The summed E-state index contributed by atoms with van der Waals surface area (Å²) in [6.07, 6.45) is -0.439. The van der Waals surface area contributed by atoms with Crippen LogP contribution in [0.3, 0.4) is 0 Å². The van der Waals surface area contributed by atoms with Crippen LogP contribution in [0.2, 0.25) is 0 Å². The molecule has 2 rings (SSSR count). The van der Waals surface area contributed by atoms with Gasteiger partial charge < -0.3 is 15.8 Å². The predicted molar refractivity (Wildman–Crippen MR) is 86.7 cm³/mol. The Morgan fingerprint density at radius 3 is 2.73 bits per heavy atom.